The maximum atomic E-state index is 14.1. The van der Waals surface area contributed by atoms with Crippen molar-refractivity contribution in [2.24, 2.45) is 17.8 Å². The molecule has 14 heteroatoms. The summed E-state index contributed by atoms with van der Waals surface area (Å²) in [5, 5.41) is 11.3. The van der Waals surface area contributed by atoms with Gasteiger partial charge < -0.3 is 9.84 Å². The van der Waals surface area contributed by atoms with Gasteiger partial charge in [0.05, 0.1) is 33.1 Å². The first-order valence-electron chi connectivity index (χ1n) is 15.6. The van der Waals surface area contributed by atoms with Crippen LogP contribution in [0.1, 0.15) is 41.0 Å². The Kier molecular flexibility index (Phi) is 8.35. The molecule has 7 rings (SSSR count). The Morgan fingerprint density at radius 1 is 0.843 bits per heavy atom. The largest absolute Gasteiger partial charge is 0.507 e. The van der Waals surface area contributed by atoms with Gasteiger partial charge in [-0.1, -0.05) is 48.0 Å². The summed E-state index contributed by atoms with van der Waals surface area (Å²) in [6, 6.07) is 14.2. The van der Waals surface area contributed by atoms with E-state index in [0.29, 0.717) is 28.4 Å². The van der Waals surface area contributed by atoms with Gasteiger partial charge in [0.25, 0.3) is 0 Å². The lowest BCUT2D eigenvalue weighted by Gasteiger charge is -2.42. The molecule has 0 saturated carbocycles. The maximum absolute atomic E-state index is 14.1. The summed E-state index contributed by atoms with van der Waals surface area (Å²) in [6.45, 7) is 0.184. The molecule has 4 unspecified atom stereocenters. The van der Waals surface area contributed by atoms with E-state index in [9.17, 15) is 50.6 Å². The van der Waals surface area contributed by atoms with E-state index >= 15 is 0 Å². The highest BCUT2D eigenvalue weighted by Crippen LogP contribution is 2.57. The minimum atomic E-state index is -5.22. The van der Waals surface area contributed by atoms with E-state index in [-0.39, 0.29) is 52.5 Å². The van der Waals surface area contributed by atoms with Gasteiger partial charge in [-0.2, -0.15) is 26.3 Å². The predicted molar refractivity (Wildman–Crippen MR) is 172 cm³/mol. The molecule has 1 N–H and O–H groups in total. The van der Waals surface area contributed by atoms with Crippen LogP contribution in [0.5, 0.6) is 11.5 Å². The van der Waals surface area contributed by atoms with Crippen LogP contribution in [0.4, 0.5) is 32.0 Å². The van der Waals surface area contributed by atoms with Crippen molar-refractivity contribution in [1.82, 2.24) is 0 Å². The van der Waals surface area contributed by atoms with Crippen molar-refractivity contribution >= 4 is 45.0 Å². The van der Waals surface area contributed by atoms with E-state index in [4.69, 9.17) is 4.74 Å². The zero-order valence-electron chi connectivity index (χ0n) is 26.0. The molecular formula is C37H24BrF6NO6. The first-order valence-corrected chi connectivity index (χ1v) is 16.4. The fourth-order valence-electron chi connectivity index (χ4n) is 7.48. The number of carbonyl (C=O) groups is 4. The Balaban J connectivity index is 1.29. The number of nitrogens with zero attached hydrogens (tertiary/aromatic N) is 1. The van der Waals surface area contributed by atoms with Crippen LogP contribution in [-0.4, -0.2) is 28.5 Å². The highest BCUT2D eigenvalue weighted by atomic mass is 79.9. The van der Waals surface area contributed by atoms with Crippen molar-refractivity contribution in [3.8, 4) is 11.5 Å². The number of allylic oxidation sites excluding steroid dienone is 6. The molecule has 2 amide bonds. The number of phenols is 1. The number of phenolic OH excluding ortho intramolecular Hbond substituents is 1. The van der Waals surface area contributed by atoms with Crippen molar-refractivity contribution in [2.75, 3.05) is 4.90 Å². The van der Waals surface area contributed by atoms with Crippen molar-refractivity contribution in [1.29, 1.82) is 0 Å². The Morgan fingerprint density at radius 3 is 2.14 bits per heavy atom. The smallest absolute Gasteiger partial charge is 0.416 e. The normalized spacial score (nSPS) is 23.5. The van der Waals surface area contributed by atoms with Crippen molar-refractivity contribution in [3.63, 3.8) is 0 Å². The standard InChI is InChI=1S/C37H24BrF6NO6/c38-27-15-29(47)32-26(33(27)48)14-25-22(30(32)23-7-6-21(13-28(23)46)51-16-17-4-2-1-3-5-17)8-9-24-31(25)35(50)45(34(24)49)20-11-18(36(39,40)41)10-19(12-20)37(42,43)44/h1-8,10-13,15,24-25,30-31,46H,9,14,16H2. The summed E-state index contributed by atoms with van der Waals surface area (Å²) >= 11 is 3.11. The van der Waals surface area contributed by atoms with E-state index < -0.39 is 76.2 Å². The molecule has 4 aliphatic rings. The van der Waals surface area contributed by atoms with Gasteiger partial charge in [-0.05, 0) is 64.5 Å². The van der Waals surface area contributed by atoms with Crippen LogP contribution in [0.2, 0.25) is 0 Å². The van der Waals surface area contributed by atoms with E-state index in [1.165, 1.54) is 12.1 Å². The number of hydrogen-bond acceptors (Lipinski definition) is 6. The highest BCUT2D eigenvalue weighted by Gasteiger charge is 2.57. The van der Waals surface area contributed by atoms with Crippen molar-refractivity contribution in [3.05, 3.63) is 122 Å². The molecule has 0 bridgehead atoms. The Labute approximate surface area is 294 Å². The average Bonchev–Trinajstić information content (AvgIpc) is 3.34. The number of aromatic hydroxyl groups is 1. The molecule has 1 fully saturated rings. The number of Topliss-reactive ketones (excluding diaryl/α,β-unsaturated/α-hetero) is 1. The van der Waals surface area contributed by atoms with Crippen LogP contribution in [0.15, 0.2) is 100 Å². The maximum Gasteiger partial charge on any atom is 0.416 e. The first-order chi connectivity index (χ1) is 24.0. The number of fused-ring (bicyclic) bond motifs is 3. The third kappa shape index (κ3) is 5.98. The first kappa shape index (κ1) is 34.5. The topological polar surface area (TPSA) is 101 Å². The molecule has 0 aromatic heterocycles. The number of alkyl halides is 6. The molecular weight excluding hydrogens is 748 g/mol. The zero-order chi connectivity index (χ0) is 36.6. The SMILES string of the molecule is O=C1C=C(Br)C(=O)C2=C1C(c1ccc(OCc3ccccc3)cc1O)C1=CCC3C(=O)N(c4cc(C(F)(F)F)cc(C(F)(F)F)c4)C(=O)C3C1C2. The molecule has 3 aromatic rings. The van der Waals surface area contributed by atoms with Gasteiger partial charge in [-0.3, -0.25) is 19.2 Å². The quantitative estimate of drug-likeness (QED) is 0.122. The molecule has 0 spiro atoms. The number of carbonyl (C=O) groups excluding carboxylic acids is 4. The molecule has 1 saturated heterocycles. The lowest BCUT2D eigenvalue weighted by atomic mass is 9.59. The van der Waals surface area contributed by atoms with Gasteiger partial charge >= 0.3 is 12.4 Å². The van der Waals surface area contributed by atoms with Crippen molar-refractivity contribution < 1.29 is 55.4 Å². The average molecular weight is 772 g/mol. The summed E-state index contributed by atoms with van der Waals surface area (Å²) in [6.07, 6.45) is -8.08. The van der Waals surface area contributed by atoms with Gasteiger partial charge in [-0.15, -0.1) is 0 Å². The second kappa shape index (κ2) is 12.4. The summed E-state index contributed by atoms with van der Waals surface area (Å²) in [4.78, 5) is 55.2. The number of hydrogen-bond donors (Lipinski definition) is 1. The van der Waals surface area contributed by atoms with Gasteiger partial charge in [0.1, 0.15) is 18.1 Å². The van der Waals surface area contributed by atoms with E-state index in [1.807, 2.05) is 30.3 Å². The lowest BCUT2D eigenvalue weighted by Crippen LogP contribution is -2.39. The zero-order valence-corrected chi connectivity index (χ0v) is 27.6. The van der Waals surface area contributed by atoms with Gasteiger partial charge in [-0.25, -0.2) is 4.90 Å². The monoisotopic (exact) mass is 771 g/mol. The van der Waals surface area contributed by atoms with Crippen LogP contribution < -0.4 is 9.64 Å². The molecule has 4 atom stereocenters. The molecule has 0 radical (unpaired) electrons. The number of halogens is 7. The second-order valence-electron chi connectivity index (χ2n) is 12.7. The highest BCUT2D eigenvalue weighted by molar-refractivity contribution is 9.12. The number of ketones is 2. The molecule has 3 aromatic carbocycles. The minimum absolute atomic E-state index is 0.0168. The van der Waals surface area contributed by atoms with E-state index in [0.717, 1.165) is 11.6 Å². The third-order valence-electron chi connectivity index (χ3n) is 9.72. The molecule has 1 aliphatic heterocycles. The van der Waals surface area contributed by atoms with Gasteiger partial charge in [0, 0.05) is 34.8 Å². The van der Waals surface area contributed by atoms with Gasteiger partial charge in [0.15, 0.2) is 11.6 Å². The van der Waals surface area contributed by atoms with Gasteiger partial charge in [0.2, 0.25) is 11.8 Å². The fourth-order valence-corrected chi connectivity index (χ4v) is 7.93. The van der Waals surface area contributed by atoms with Crippen LogP contribution in [-0.2, 0) is 38.1 Å². The van der Waals surface area contributed by atoms with Crippen LogP contribution in [0.3, 0.4) is 0 Å². The summed E-state index contributed by atoms with van der Waals surface area (Å²) in [5.74, 6) is -7.63. The van der Waals surface area contributed by atoms with E-state index in [1.54, 1.807) is 12.1 Å². The summed E-state index contributed by atoms with van der Waals surface area (Å²) in [7, 11) is 0. The lowest BCUT2D eigenvalue weighted by molar-refractivity contribution is -0.143. The molecule has 7 nitrogen and oxygen atoms in total. The fraction of sp³-hybridized carbons (Fsp3) is 0.243. The molecule has 1 heterocycles. The van der Waals surface area contributed by atoms with Crippen molar-refractivity contribution in [2.45, 2.75) is 37.7 Å². The minimum Gasteiger partial charge on any atom is -0.507 e. The molecule has 51 heavy (non-hydrogen) atoms. The summed E-state index contributed by atoms with van der Waals surface area (Å²) < 4.78 is 88.0. The number of benzene rings is 3. The number of ether oxygens (including phenoxy) is 1. The Morgan fingerprint density at radius 2 is 1.51 bits per heavy atom. The van der Waals surface area contributed by atoms with Crippen LogP contribution in [0.25, 0.3) is 0 Å². The number of rotatable bonds is 5. The molecule has 3 aliphatic carbocycles. The Hall–Kier alpha value is -4.98. The van der Waals surface area contributed by atoms with Crippen LogP contribution >= 0.6 is 15.9 Å². The summed E-state index contributed by atoms with van der Waals surface area (Å²) in [5.41, 5.74) is -2.72. The number of anilines is 1. The second-order valence-corrected chi connectivity index (χ2v) is 13.5. The van der Waals surface area contributed by atoms with Crippen LogP contribution in [0, 0.1) is 17.8 Å². The number of amides is 2. The Bertz CT molecular complexity index is 2090. The predicted octanol–water partition coefficient (Wildman–Crippen LogP) is 7.98. The number of imide groups is 1. The molecule has 262 valence electrons. The third-order valence-corrected chi connectivity index (χ3v) is 10.3. The van der Waals surface area contributed by atoms with E-state index in [2.05, 4.69) is 15.9 Å².